The number of carbonyl (C=O) groups is 3. The summed E-state index contributed by atoms with van der Waals surface area (Å²) in [5.74, 6) is -0.375. The molecule has 230 valence electrons. The summed E-state index contributed by atoms with van der Waals surface area (Å²) in [4.78, 5) is 37.4. The van der Waals surface area contributed by atoms with Gasteiger partial charge in [-0.25, -0.2) is 4.79 Å². The normalized spacial score (nSPS) is 13.5. The van der Waals surface area contributed by atoms with E-state index in [1.165, 1.54) is 85.8 Å². The Labute approximate surface area is 247 Å². The van der Waals surface area contributed by atoms with Crippen LogP contribution in [0.25, 0.3) is 0 Å². The van der Waals surface area contributed by atoms with Gasteiger partial charge in [0.15, 0.2) is 0 Å². The SMILES string of the molecule is CCCCCCCCCCCCCCCC(=O)N[C@@H](CSSC[C@H](N)C(=O)OC(C)(C)C)C(=O)OC(C)(C)C. The molecule has 2 atom stereocenters. The average Bonchev–Trinajstić information content (AvgIpc) is 2.81. The molecule has 0 spiro atoms. The molecule has 0 rings (SSSR count). The number of carbonyl (C=O) groups excluding carboxylic acids is 3. The Balaban J connectivity index is 4.27. The molecular formula is C30H58N2O5S2. The minimum absolute atomic E-state index is 0.134. The van der Waals surface area contributed by atoms with Gasteiger partial charge in [-0.1, -0.05) is 106 Å². The summed E-state index contributed by atoms with van der Waals surface area (Å²) in [7, 11) is 2.76. The van der Waals surface area contributed by atoms with Crippen molar-refractivity contribution in [2.24, 2.45) is 5.73 Å². The predicted molar refractivity (Wildman–Crippen MR) is 167 cm³/mol. The smallest absolute Gasteiger partial charge is 0.330 e. The second-order valence-corrected chi connectivity index (χ2v) is 14.9. The number of amides is 1. The van der Waals surface area contributed by atoms with Crippen LogP contribution >= 0.6 is 21.6 Å². The molecule has 7 nitrogen and oxygen atoms in total. The average molecular weight is 591 g/mol. The van der Waals surface area contributed by atoms with Gasteiger partial charge in [-0.2, -0.15) is 0 Å². The van der Waals surface area contributed by atoms with Crippen LogP contribution in [-0.4, -0.2) is 52.6 Å². The molecule has 9 heteroatoms. The van der Waals surface area contributed by atoms with E-state index in [9.17, 15) is 14.4 Å². The lowest BCUT2D eigenvalue weighted by molar-refractivity contribution is -0.158. The highest BCUT2D eigenvalue weighted by Crippen LogP contribution is 2.24. The molecule has 0 saturated carbocycles. The van der Waals surface area contributed by atoms with E-state index in [1.54, 1.807) is 41.5 Å². The zero-order valence-electron chi connectivity index (χ0n) is 25.9. The van der Waals surface area contributed by atoms with Gasteiger partial charge in [0.05, 0.1) is 0 Å². The zero-order chi connectivity index (χ0) is 29.7. The first-order valence-corrected chi connectivity index (χ1v) is 17.5. The minimum Gasteiger partial charge on any atom is -0.459 e. The predicted octanol–water partition coefficient (Wildman–Crippen LogP) is 7.34. The monoisotopic (exact) mass is 590 g/mol. The summed E-state index contributed by atoms with van der Waals surface area (Å²) in [6, 6.07) is -1.51. The largest absolute Gasteiger partial charge is 0.459 e. The lowest BCUT2D eigenvalue weighted by Crippen LogP contribution is -2.45. The third-order valence-electron chi connectivity index (χ3n) is 5.81. The lowest BCUT2D eigenvalue weighted by atomic mass is 10.0. The van der Waals surface area contributed by atoms with E-state index < -0.39 is 35.2 Å². The molecule has 0 unspecified atom stereocenters. The van der Waals surface area contributed by atoms with Crippen molar-refractivity contribution in [3.05, 3.63) is 0 Å². The van der Waals surface area contributed by atoms with Crippen molar-refractivity contribution >= 4 is 39.4 Å². The maximum absolute atomic E-state index is 12.7. The summed E-state index contributed by atoms with van der Waals surface area (Å²) in [6.07, 6.45) is 16.7. The fourth-order valence-electron chi connectivity index (χ4n) is 3.79. The fourth-order valence-corrected chi connectivity index (χ4v) is 6.05. The van der Waals surface area contributed by atoms with Gasteiger partial charge in [0.25, 0.3) is 0 Å². The van der Waals surface area contributed by atoms with Crippen LogP contribution in [0.5, 0.6) is 0 Å². The molecule has 0 radical (unpaired) electrons. The molecule has 0 aromatic carbocycles. The third-order valence-corrected chi connectivity index (χ3v) is 8.26. The van der Waals surface area contributed by atoms with Crippen LogP contribution < -0.4 is 11.1 Å². The Morgan fingerprint density at radius 2 is 1.08 bits per heavy atom. The summed E-state index contributed by atoms with van der Waals surface area (Å²) < 4.78 is 10.8. The van der Waals surface area contributed by atoms with Gasteiger partial charge >= 0.3 is 11.9 Å². The van der Waals surface area contributed by atoms with E-state index >= 15 is 0 Å². The van der Waals surface area contributed by atoms with Crippen molar-refractivity contribution < 1.29 is 23.9 Å². The highest BCUT2D eigenvalue weighted by atomic mass is 33.1. The number of esters is 2. The molecule has 3 N–H and O–H groups in total. The Kier molecular flexibility index (Phi) is 21.2. The number of rotatable bonds is 22. The standard InChI is InChI=1S/C30H58N2O5S2/c1-8-9-10-11-12-13-14-15-16-17-18-19-20-21-26(33)32-25(28(35)37-30(5,6)7)23-39-38-22-24(31)27(34)36-29(2,3)4/h24-25H,8-23,31H2,1-7H3,(H,32,33)/t24-,25-/m0/s1. The molecule has 0 heterocycles. The Hall–Kier alpha value is -0.930. The summed E-state index contributed by atoms with van der Waals surface area (Å²) in [6.45, 7) is 13.1. The van der Waals surface area contributed by atoms with Crippen molar-refractivity contribution in [3.8, 4) is 0 Å². The van der Waals surface area contributed by atoms with Crippen molar-refractivity contribution in [2.45, 2.75) is 162 Å². The molecule has 39 heavy (non-hydrogen) atoms. The third kappa shape index (κ3) is 24.6. The van der Waals surface area contributed by atoms with Crippen molar-refractivity contribution in [1.82, 2.24) is 5.32 Å². The Morgan fingerprint density at radius 3 is 1.54 bits per heavy atom. The minimum atomic E-state index is -0.758. The van der Waals surface area contributed by atoms with Crippen LogP contribution in [0, 0.1) is 0 Å². The van der Waals surface area contributed by atoms with Gasteiger partial charge in [0.2, 0.25) is 5.91 Å². The summed E-state index contributed by atoms with van der Waals surface area (Å²) in [5, 5.41) is 2.85. The van der Waals surface area contributed by atoms with E-state index in [2.05, 4.69) is 12.2 Å². The highest BCUT2D eigenvalue weighted by molar-refractivity contribution is 8.76. The van der Waals surface area contributed by atoms with Gasteiger partial charge in [0, 0.05) is 17.9 Å². The number of unbranched alkanes of at least 4 members (excludes halogenated alkanes) is 12. The van der Waals surface area contributed by atoms with E-state index in [1.807, 2.05) is 0 Å². The number of hydrogen-bond acceptors (Lipinski definition) is 8. The fraction of sp³-hybridized carbons (Fsp3) is 0.900. The zero-order valence-corrected chi connectivity index (χ0v) is 27.5. The van der Waals surface area contributed by atoms with Crippen LogP contribution in [0.2, 0.25) is 0 Å². The Morgan fingerprint density at radius 1 is 0.667 bits per heavy atom. The molecule has 0 aromatic rings. The molecule has 0 aliphatic carbocycles. The quantitative estimate of drug-likeness (QED) is 0.0766. The second kappa shape index (κ2) is 21.8. The van der Waals surface area contributed by atoms with E-state index in [-0.39, 0.29) is 5.91 Å². The molecule has 0 fully saturated rings. The number of nitrogens with one attached hydrogen (secondary N) is 1. The Bertz CT molecular complexity index is 677. The van der Waals surface area contributed by atoms with Crippen LogP contribution in [-0.2, 0) is 23.9 Å². The highest BCUT2D eigenvalue weighted by Gasteiger charge is 2.27. The first kappa shape index (κ1) is 38.1. The molecule has 0 bridgehead atoms. The van der Waals surface area contributed by atoms with Crippen LogP contribution in [0.1, 0.15) is 138 Å². The maximum Gasteiger partial charge on any atom is 0.330 e. The number of nitrogens with two attached hydrogens (primary N) is 1. The van der Waals surface area contributed by atoms with E-state index in [0.29, 0.717) is 17.9 Å². The molecule has 0 aliphatic heterocycles. The summed E-state index contributed by atoms with van der Waals surface area (Å²) in [5.41, 5.74) is 4.70. The molecule has 1 amide bonds. The van der Waals surface area contributed by atoms with Crippen LogP contribution in [0.15, 0.2) is 0 Å². The summed E-state index contributed by atoms with van der Waals surface area (Å²) >= 11 is 0. The van der Waals surface area contributed by atoms with E-state index in [0.717, 1.165) is 19.3 Å². The first-order valence-electron chi connectivity index (χ1n) is 15.0. The van der Waals surface area contributed by atoms with Gasteiger partial charge in [-0.3, -0.25) is 9.59 Å². The van der Waals surface area contributed by atoms with Crippen molar-refractivity contribution in [1.29, 1.82) is 0 Å². The van der Waals surface area contributed by atoms with Gasteiger partial charge < -0.3 is 20.5 Å². The number of hydrogen-bond donors (Lipinski definition) is 2. The van der Waals surface area contributed by atoms with E-state index in [4.69, 9.17) is 15.2 Å². The van der Waals surface area contributed by atoms with Gasteiger partial charge in [0.1, 0.15) is 23.3 Å². The topological polar surface area (TPSA) is 108 Å². The molecular weight excluding hydrogens is 532 g/mol. The van der Waals surface area contributed by atoms with Crippen LogP contribution in [0.3, 0.4) is 0 Å². The first-order chi connectivity index (χ1) is 18.2. The van der Waals surface area contributed by atoms with Crippen molar-refractivity contribution in [3.63, 3.8) is 0 Å². The molecule has 0 saturated heterocycles. The lowest BCUT2D eigenvalue weighted by Gasteiger charge is -2.24. The van der Waals surface area contributed by atoms with Gasteiger partial charge in [-0.05, 0) is 48.0 Å². The second-order valence-electron chi connectivity index (χ2n) is 12.4. The van der Waals surface area contributed by atoms with Crippen molar-refractivity contribution in [2.75, 3.05) is 11.5 Å². The molecule has 0 aliphatic rings. The van der Waals surface area contributed by atoms with Crippen LogP contribution in [0.4, 0.5) is 0 Å². The molecule has 0 aromatic heterocycles. The maximum atomic E-state index is 12.7. The van der Waals surface area contributed by atoms with Gasteiger partial charge in [-0.15, -0.1) is 0 Å². The number of ether oxygens (including phenoxy) is 2.